The van der Waals surface area contributed by atoms with Crippen molar-refractivity contribution in [3.05, 3.63) is 42.0 Å². The molecule has 0 spiro atoms. The second-order valence-corrected chi connectivity index (χ2v) is 4.21. The molecule has 20 heavy (non-hydrogen) atoms. The van der Waals surface area contributed by atoms with Crippen molar-refractivity contribution in [1.82, 2.24) is 20.4 Å². The maximum Gasteiger partial charge on any atom is 0.287 e. The number of amides is 1. The Morgan fingerprint density at radius 3 is 2.95 bits per heavy atom. The van der Waals surface area contributed by atoms with Crippen LogP contribution in [0.4, 0.5) is 10.1 Å². The van der Waals surface area contributed by atoms with Gasteiger partial charge in [-0.15, -0.1) is 5.10 Å². The maximum atomic E-state index is 13.6. The molecule has 3 N–H and O–H groups in total. The molecular weight excluding hydrogens is 263 g/mol. The summed E-state index contributed by atoms with van der Waals surface area (Å²) in [4.78, 5) is 13.0. The van der Waals surface area contributed by atoms with Crippen LogP contribution in [0.2, 0.25) is 0 Å². The molecule has 1 heterocycles. The van der Waals surface area contributed by atoms with Crippen molar-refractivity contribution in [2.45, 2.75) is 6.54 Å². The Morgan fingerprint density at radius 1 is 1.50 bits per heavy atom. The van der Waals surface area contributed by atoms with Gasteiger partial charge in [0.05, 0.1) is 18.4 Å². The second kappa shape index (κ2) is 6.11. The van der Waals surface area contributed by atoms with E-state index in [4.69, 9.17) is 5.84 Å². The van der Waals surface area contributed by atoms with Gasteiger partial charge in [-0.3, -0.25) is 10.2 Å². The number of benzene rings is 1. The number of nitrogens with one attached hydrogen (secondary N) is 1. The summed E-state index contributed by atoms with van der Waals surface area (Å²) < 4.78 is 15.1. The van der Waals surface area contributed by atoms with E-state index < -0.39 is 5.91 Å². The molecule has 0 bridgehead atoms. The molecule has 1 aromatic carbocycles. The van der Waals surface area contributed by atoms with Crippen LogP contribution in [0.1, 0.15) is 10.5 Å². The van der Waals surface area contributed by atoms with Gasteiger partial charge in [-0.2, -0.15) is 0 Å². The first-order chi connectivity index (χ1) is 9.61. The highest BCUT2D eigenvalue weighted by Crippen LogP contribution is 2.16. The van der Waals surface area contributed by atoms with E-state index in [0.29, 0.717) is 18.8 Å². The van der Waals surface area contributed by atoms with Gasteiger partial charge in [0.2, 0.25) is 0 Å². The fourth-order valence-corrected chi connectivity index (χ4v) is 1.72. The number of anilines is 1. The predicted molar refractivity (Wildman–Crippen MR) is 71.3 cm³/mol. The van der Waals surface area contributed by atoms with Crippen LogP contribution < -0.4 is 16.2 Å². The van der Waals surface area contributed by atoms with Crippen LogP contribution >= 0.6 is 0 Å². The summed E-state index contributed by atoms with van der Waals surface area (Å²) in [5.74, 6) is 4.22. The molecule has 0 saturated carbocycles. The van der Waals surface area contributed by atoms with Gasteiger partial charge in [0.15, 0.2) is 5.69 Å². The van der Waals surface area contributed by atoms with E-state index in [1.54, 1.807) is 30.1 Å². The number of aromatic nitrogens is 3. The summed E-state index contributed by atoms with van der Waals surface area (Å²) in [5, 5.41) is 7.49. The second-order valence-electron chi connectivity index (χ2n) is 4.21. The molecular formula is C12H15FN6O. The van der Waals surface area contributed by atoms with E-state index in [2.05, 4.69) is 10.3 Å². The summed E-state index contributed by atoms with van der Waals surface area (Å²) in [6.07, 6.45) is 1.48. The predicted octanol–water partition coefficient (Wildman–Crippen LogP) is 0.157. The van der Waals surface area contributed by atoms with Crippen molar-refractivity contribution in [3.8, 4) is 0 Å². The van der Waals surface area contributed by atoms with Crippen LogP contribution in [0, 0.1) is 5.82 Å². The lowest BCUT2D eigenvalue weighted by molar-refractivity contribution is 0.0948. The SMILES string of the molecule is CN(CCn1cc(C(=O)NN)nn1)c1ccccc1F. The zero-order chi connectivity index (χ0) is 14.5. The molecule has 2 aromatic rings. The van der Waals surface area contributed by atoms with E-state index >= 15 is 0 Å². The minimum Gasteiger partial charge on any atom is -0.370 e. The van der Waals surface area contributed by atoms with Gasteiger partial charge >= 0.3 is 0 Å². The zero-order valence-corrected chi connectivity index (χ0v) is 11.0. The normalized spacial score (nSPS) is 10.3. The fraction of sp³-hybridized carbons (Fsp3) is 0.250. The molecule has 0 aliphatic rings. The molecule has 0 atom stereocenters. The molecule has 1 aromatic heterocycles. The molecule has 0 radical (unpaired) electrons. The lowest BCUT2D eigenvalue weighted by Gasteiger charge is -2.19. The Hall–Kier alpha value is -2.48. The lowest BCUT2D eigenvalue weighted by Crippen LogP contribution is -2.30. The van der Waals surface area contributed by atoms with Crippen molar-refractivity contribution in [3.63, 3.8) is 0 Å². The monoisotopic (exact) mass is 278 g/mol. The molecule has 7 nitrogen and oxygen atoms in total. The minimum atomic E-state index is -0.501. The number of hydrogen-bond acceptors (Lipinski definition) is 5. The largest absolute Gasteiger partial charge is 0.370 e. The van der Waals surface area contributed by atoms with Gasteiger partial charge < -0.3 is 4.90 Å². The molecule has 0 unspecified atom stereocenters. The van der Waals surface area contributed by atoms with Gasteiger partial charge in [0, 0.05) is 13.6 Å². The first kappa shape index (κ1) is 13.9. The number of para-hydroxylation sites is 1. The minimum absolute atomic E-state index is 0.140. The number of carbonyl (C=O) groups excluding carboxylic acids is 1. The Morgan fingerprint density at radius 2 is 2.25 bits per heavy atom. The third kappa shape index (κ3) is 3.09. The van der Waals surface area contributed by atoms with Crippen LogP contribution in [-0.4, -0.2) is 34.5 Å². The van der Waals surface area contributed by atoms with E-state index in [-0.39, 0.29) is 11.5 Å². The molecule has 0 aliphatic heterocycles. The van der Waals surface area contributed by atoms with E-state index in [1.807, 2.05) is 5.43 Å². The Bertz CT molecular complexity index is 599. The average Bonchev–Trinajstić information content (AvgIpc) is 2.93. The van der Waals surface area contributed by atoms with Crippen molar-refractivity contribution < 1.29 is 9.18 Å². The van der Waals surface area contributed by atoms with Gasteiger partial charge in [-0.05, 0) is 12.1 Å². The third-order valence-electron chi connectivity index (χ3n) is 2.83. The van der Waals surface area contributed by atoms with Crippen LogP contribution in [0.15, 0.2) is 30.5 Å². The highest BCUT2D eigenvalue weighted by atomic mass is 19.1. The van der Waals surface area contributed by atoms with E-state index in [0.717, 1.165) is 0 Å². The fourth-order valence-electron chi connectivity index (χ4n) is 1.72. The van der Waals surface area contributed by atoms with Crippen molar-refractivity contribution in [1.29, 1.82) is 0 Å². The summed E-state index contributed by atoms with van der Waals surface area (Å²) in [6.45, 7) is 0.990. The van der Waals surface area contributed by atoms with Gasteiger partial charge in [-0.1, -0.05) is 17.3 Å². The number of hydrazine groups is 1. The summed E-state index contributed by atoms with van der Waals surface area (Å²) in [7, 11) is 1.78. The smallest absolute Gasteiger partial charge is 0.287 e. The summed E-state index contributed by atoms with van der Waals surface area (Å²) in [6, 6.07) is 6.52. The van der Waals surface area contributed by atoms with Crippen LogP contribution in [0.25, 0.3) is 0 Å². The molecule has 106 valence electrons. The van der Waals surface area contributed by atoms with Crippen LogP contribution in [0.3, 0.4) is 0 Å². The van der Waals surface area contributed by atoms with Crippen LogP contribution in [-0.2, 0) is 6.54 Å². The molecule has 2 rings (SSSR count). The molecule has 1 amide bonds. The maximum absolute atomic E-state index is 13.6. The number of nitrogen functional groups attached to an aromatic ring is 1. The Kier molecular flexibility index (Phi) is 4.26. The Balaban J connectivity index is 1.97. The first-order valence-corrected chi connectivity index (χ1v) is 5.98. The first-order valence-electron chi connectivity index (χ1n) is 5.98. The highest BCUT2D eigenvalue weighted by Gasteiger charge is 2.10. The average molecular weight is 278 g/mol. The number of rotatable bonds is 5. The Labute approximate surface area is 115 Å². The highest BCUT2D eigenvalue weighted by molar-refractivity contribution is 5.91. The molecule has 0 fully saturated rings. The third-order valence-corrected chi connectivity index (χ3v) is 2.83. The molecule has 8 heteroatoms. The lowest BCUT2D eigenvalue weighted by atomic mass is 10.3. The standard InChI is InChI=1S/C12H15FN6O/c1-18(11-5-3-2-4-9(11)13)6-7-19-8-10(16-17-19)12(20)15-14/h2-5,8H,6-7,14H2,1H3,(H,15,20). The summed E-state index contributed by atoms with van der Waals surface area (Å²) >= 11 is 0. The van der Waals surface area contributed by atoms with Crippen molar-refractivity contribution in [2.24, 2.45) is 5.84 Å². The van der Waals surface area contributed by atoms with Crippen LogP contribution in [0.5, 0.6) is 0 Å². The number of hydrogen-bond donors (Lipinski definition) is 2. The van der Waals surface area contributed by atoms with Gasteiger partial charge in [-0.25, -0.2) is 14.9 Å². The van der Waals surface area contributed by atoms with Gasteiger partial charge in [0.1, 0.15) is 5.82 Å². The molecule has 0 aliphatic carbocycles. The zero-order valence-electron chi connectivity index (χ0n) is 11.0. The number of carbonyl (C=O) groups is 1. The van der Waals surface area contributed by atoms with Crippen molar-refractivity contribution >= 4 is 11.6 Å². The quantitative estimate of drug-likeness (QED) is 0.462. The molecule has 0 saturated heterocycles. The topological polar surface area (TPSA) is 89.1 Å². The van der Waals surface area contributed by atoms with Crippen molar-refractivity contribution in [2.75, 3.05) is 18.5 Å². The number of nitrogens with two attached hydrogens (primary N) is 1. The number of likely N-dealkylation sites (N-methyl/N-ethyl adjacent to an activating group) is 1. The van der Waals surface area contributed by atoms with Gasteiger partial charge in [0.25, 0.3) is 5.91 Å². The van der Waals surface area contributed by atoms with E-state index in [9.17, 15) is 9.18 Å². The number of nitrogens with zero attached hydrogens (tertiary/aromatic N) is 4. The summed E-state index contributed by atoms with van der Waals surface area (Å²) in [5.41, 5.74) is 2.62. The van der Waals surface area contributed by atoms with E-state index in [1.165, 1.54) is 16.9 Å². The number of halogens is 1.